The number of hydrogen-bond donors (Lipinski definition) is 5. The van der Waals surface area contributed by atoms with Gasteiger partial charge in [0.1, 0.15) is 17.8 Å². The Kier molecular flexibility index (Phi) is 12.0. The fraction of sp³-hybridized carbons (Fsp3) is 0.421. The van der Waals surface area contributed by atoms with Crippen molar-refractivity contribution in [2.45, 2.75) is 83.6 Å². The Labute approximate surface area is 296 Å². The summed E-state index contributed by atoms with van der Waals surface area (Å²) in [5.74, 6) is -1.03. The van der Waals surface area contributed by atoms with Crippen LogP contribution in [0.15, 0.2) is 72.8 Å². The van der Waals surface area contributed by atoms with E-state index in [0.29, 0.717) is 17.9 Å². The fourth-order valence-electron chi connectivity index (χ4n) is 6.10. The molecule has 0 saturated heterocycles. The Hall–Kier alpha value is -4.84. The summed E-state index contributed by atoms with van der Waals surface area (Å²) in [6, 6.07) is 20.1. The van der Waals surface area contributed by atoms with E-state index < -0.39 is 50.3 Å². The third-order valence-electron chi connectivity index (χ3n) is 9.73. The van der Waals surface area contributed by atoms with Crippen molar-refractivity contribution in [3.8, 4) is 16.9 Å². The molecule has 1 aliphatic rings. The maximum atomic E-state index is 14.1. The summed E-state index contributed by atoms with van der Waals surface area (Å²) in [7, 11) is -2.06. The largest absolute Gasteiger partial charge is 0.544 e. The zero-order valence-electron chi connectivity index (χ0n) is 30.1. The fourth-order valence-corrected chi connectivity index (χ4v) is 7.13. The Balaban J connectivity index is 1.54. The topological polar surface area (TPSA) is 163 Å². The van der Waals surface area contributed by atoms with Gasteiger partial charge in [-0.1, -0.05) is 83.1 Å². The van der Waals surface area contributed by atoms with E-state index in [0.717, 1.165) is 22.3 Å². The SMILES string of the molecule is CC(C)[C@@H](C(=O)N[C@@H](CCCNC(N)=O)C(=O)Nc1ccc(O[Si](C)(C)C(C)(C)C)cc1)N(CC1c2ccccc2-c2ccccc21)C(=O)O. The van der Waals surface area contributed by atoms with Crippen LogP contribution in [0.3, 0.4) is 0 Å². The maximum Gasteiger partial charge on any atom is 0.408 e. The number of nitrogens with zero attached hydrogens (tertiary/aromatic N) is 1. The molecule has 0 aromatic heterocycles. The van der Waals surface area contributed by atoms with E-state index in [1.165, 1.54) is 4.90 Å². The first-order valence-corrected chi connectivity index (χ1v) is 20.0. The van der Waals surface area contributed by atoms with Crippen LogP contribution >= 0.6 is 0 Å². The molecule has 0 aliphatic heterocycles. The number of hydrogen-bond acceptors (Lipinski definition) is 5. The van der Waals surface area contributed by atoms with Crippen LogP contribution in [0.1, 0.15) is 64.5 Å². The number of rotatable bonds is 14. The molecular formula is C38H51N5O6Si. The molecule has 6 N–H and O–H groups in total. The van der Waals surface area contributed by atoms with E-state index in [-0.39, 0.29) is 30.5 Å². The molecule has 0 saturated carbocycles. The number of nitrogens with two attached hydrogens (primary N) is 1. The average Bonchev–Trinajstić information content (AvgIpc) is 3.35. The van der Waals surface area contributed by atoms with Gasteiger partial charge in [-0.05, 0) is 83.4 Å². The van der Waals surface area contributed by atoms with Crippen LogP contribution in [0.25, 0.3) is 11.1 Å². The highest BCUT2D eigenvalue weighted by Crippen LogP contribution is 2.45. The van der Waals surface area contributed by atoms with Gasteiger partial charge in [-0.2, -0.15) is 0 Å². The maximum absolute atomic E-state index is 14.1. The summed E-state index contributed by atoms with van der Waals surface area (Å²) in [6.07, 6.45) is -0.718. The number of urea groups is 1. The van der Waals surface area contributed by atoms with Gasteiger partial charge in [-0.15, -0.1) is 0 Å². The van der Waals surface area contributed by atoms with E-state index in [1.807, 2.05) is 48.5 Å². The van der Waals surface area contributed by atoms with Crippen LogP contribution in [-0.4, -0.2) is 67.4 Å². The van der Waals surface area contributed by atoms with Crippen LogP contribution in [0.2, 0.25) is 18.1 Å². The van der Waals surface area contributed by atoms with E-state index in [1.54, 1.807) is 38.1 Å². The lowest BCUT2D eigenvalue weighted by Gasteiger charge is -2.36. The van der Waals surface area contributed by atoms with Crippen LogP contribution in [0.5, 0.6) is 5.75 Å². The number of carboxylic acid groups (broad SMARTS) is 1. The van der Waals surface area contributed by atoms with Gasteiger partial charge in [0, 0.05) is 24.7 Å². The molecule has 12 heteroatoms. The first kappa shape index (κ1) is 38.0. The van der Waals surface area contributed by atoms with Crippen LogP contribution in [0.4, 0.5) is 15.3 Å². The quantitative estimate of drug-likeness (QED) is 0.0921. The first-order chi connectivity index (χ1) is 23.5. The van der Waals surface area contributed by atoms with Crippen molar-refractivity contribution in [1.82, 2.24) is 15.5 Å². The van der Waals surface area contributed by atoms with E-state index >= 15 is 0 Å². The molecule has 50 heavy (non-hydrogen) atoms. The predicted molar refractivity (Wildman–Crippen MR) is 199 cm³/mol. The van der Waals surface area contributed by atoms with E-state index in [2.05, 4.69) is 49.8 Å². The summed E-state index contributed by atoms with van der Waals surface area (Å²) >= 11 is 0. The molecule has 5 amide bonds. The number of anilines is 1. The molecular weight excluding hydrogens is 651 g/mol. The lowest BCUT2D eigenvalue weighted by atomic mass is 9.93. The molecule has 0 heterocycles. The first-order valence-electron chi connectivity index (χ1n) is 17.1. The van der Waals surface area contributed by atoms with Gasteiger partial charge in [0.25, 0.3) is 0 Å². The summed E-state index contributed by atoms with van der Waals surface area (Å²) < 4.78 is 6.36. The van der Waals surface area contributed by atoms with Crippen molar-refractivity contribution in [2.75, 3.05) is 18.4 Å². The van der Waals surface area contributed by atoms with Crippen LogP contribution in [0, 0.1) is 5.92 Å². The summed E-state index contributed by atoms with van der Waals surface area (Å²) in [5, 5.41) is 18.8. The smallest absolute Gasteiger partial charge is 0.408 e. The number of fused-ring (bicyclic) bond motifs is 3. The Morgan fingerprint density at radius 2 is 1.46 bits per heavy atom. The zero-order chi connectivity index (χ0) is 36.8. The molecule has 3 aromatic carbocycles. The third kappa shape index (κ3) is 9.03. The molecule has 0 radical (unpaired) electrons. The highest BCUT2D eigenvalue weighted by molar-refractivity contribution is 6.74. The monoisotopic (exact) mass is 701 g/mol. The van der Waals surface area contributed by atoms with E-state index in [4.69, 9.17) is 10.2 Å². The predicted octanol–water partition coefficient (Wildman–Crippen LogP) is 6.76. The molecule has 11 nitrogen and oxygen atoms in total. The minimum absolute atomic E-state index is 0.0187. The Morgan fingerprint density at radius 3 is 1.96 bits per heavy atom. The van der Waals surface area contributed by atoms with Gasteiger partial charge in [-0.25, -0.2) is 9.59 Å². The summed E-state index contributed by atoms with van der Waals surface area (Å²) in [4.78, 5) is 53.1. The van der Waals surface area contributed by atoms with Crippen molar-refractivity contribution < 1.29 is 28.7 Å². The molecule has 2 atom stereocenters. The van der Waals surface area contributed by atoms with Crippen molar-refractivity contribution in [3.63, 3.8) is 0 Å². The van der Waals surface area contributed by atoms with Crippen molar-refractivity contribution >= 4 is 37.9 Å². The minimum atomic E-state index is -2.06. The standard InChI is InChI=1S/C38H51N5O6Si/c1-24(2)33(43(37(47)48)23-31-29-15-10-8-13-27(29)28-14-9-11-16-30(28)31)35(45)42-32(17-12-22-40-36(39)46)34(44)41-25-18-20-26(21-19-25)49-50(6,7)38(3,4)5/h8-11,13-16,18-21,24,31-33H,12,17,22-23H2,1-7H3,(H,41,44)(H,42,45)(H,47,48)(H3,39,40,46)/t32-,33-/m0/s1. The molecule has 3 aromatic rings. The zero-order valence-corrected chi connectivity index (χ0v) is 31.1. The molecule has 4 rings (SSSR count). The average molecular weight is 702 g/mol. The molecule has 0 bridgehead atoms. The molecule has 0 spiro atoms. The lowest BCUT2D eigenvalue weighted by Crippen LogP contribution is -2.56. The Morgan fingerprint density at radius 1 is 0.900 bits per heavy atom. The molecule has 268 valence electrons. The number of benzene rings is 3. The number of carbonyl (C=O) groups is 4. The molecule has 1 aliphatic carbocycles. The van der Waals surface area contributed by atoms with Gasteiger partial charge in [0.2, 0.25) is 20.1 Å². The second kappa shape index (κ2) is 15.8. The summed E-state index contributed by atoms with van der Waals surface area (Å²) in [5.41, 5.74) is 9.83. The van der Waals surface area contributed by atoms with Gasteiger partial charge < -0.3 is 31.2 Å². The number of primary amides is 1. The molecule has 0 unspecified atom stereocenters. The number of amides is 5. The van der Waals surface area contributed by atoms with Crippen molar-refractivity contribution in [2.24, 2.45) is 11.7 Å². The van der Waals surface area contributed by atoms with Gasteiger partial charge in [-0.3, -0.25) is 14.5 Å². The normalized spacial score (nSPS) is 13.8. The van der Waals surface area contributed by atoms with Gasteiger partial charge in [0.05, 0.1) is 0 Å². The van der Waals surface area contributed by atoms with Gasteiger partial charge >= 0.3 is 12.1 Å². The van der Waals surface area contributed by atoms with Crippen LogP contribution in [-0.2, 0) is 9.59 Å². The highest BCUT2D eigenvalue weighted by Gasteiger charge is 2.40. The van der Waals surface area contributed by atoms with Crippen molar-refractivity contribution in [1.29, 1.82) is 0 Å². The number of nitrogens with one attached hydrogen (secondary N) is 3. The second-order valence-corrected chi connectivity index (χ2v) is 19.4. The Bertz CT molecular complexity index is 1640. The number of carbonyl (C=O) groups excluding carboxylic acids is 3. The lowest BCUT2D eigenvalue weighted by molar-refractivity contribution is -0.131. The third-order valence-corrected chi connectivity index (χ3v) is 14.1. The second-order valence-electron chi connectivity index (χ2n) is 14.7. The summed E-state index contributed by atoms with van der Waals surface area (Å²) in [6.45, 7) is 14.6. The van der Waals surface area contributed by atoms with Crippen LogP contribution < -0.4 is 26.1 Å². The minimum Gasteiger partial charge on any atom is -0.544 e. The van der Waals surface area contributed by atoms with E-state index in [9.17, 15) is 24.3 Å². The molecule has 0 fully saturated rings. The van der Waals surface area contributed by atoms with Gasteiger partial charge in [0.15, 0.2) is 0 Å². The highest BCUT2D eigenvalue weighted by atomic mass is 28.4. The van der Waals surface area contributed by atoms with Crippen molar-refractivity contribution in [3.05, 3.63) is 83.9 Å².